The second kappa shape index (κ2) is 7.07. The van der Waals surface area contributed by atoms with E-state index in [-0.39, 0.29) is 11.4 Å². The van der Waals surface area contributed by atoms with E-state index in [1.807, 2.05) is 18.2 Å². The zero-order valence-electron chi connectivity index (χ0n) is 13.7. The fourth-order valence-corrected chi connectivity index (χ4v) is 2.39. The van der Waals surface area contributed by atoms with Crippen molar-refractivity contribution >= 4 is 16.9 Å². The van der Waals surface area contributed by atoms with Gasteiger partial charge in [0.25, 0.3) is 5.91 Å². The van der Waals surface area contributed by atoms with Crippen LogP contribution in [0.25, 0.3) is 11.0 Å². The van der Waals surface area contributed by atoms with Crippen molar-refractivity contribution < 1.29 is 27.1 Å². The third kappa shape index (κ3) is 4.14. The van der Waals surface area contributed by atoms with E-state index in [9.17, 15) is 18.0 Å². The lowest BCUT2D eigenvalue weighted by molar-refractivity contribution is -0.154. The number of pyridine rings is 1. The number of hydrogen-bond donors (Lipinski definition) is 1. The number of halogens is 3. The number of para-hydroxylation sites is 1. The fraction of sp³-hybridized carbons (Fsp3) is 0.222. The van der Waals surface area contributed by atoms with E-state index in [1.165, 1.54) is 18.3 Å². The van der Waals surface area contributed by atoms with Gasteiger partial charge in [0.1, 0.15) is 16.9 Å². The molecule has 0 fully saturated rings. The first-order valence-electron chi connectivity index (χ1n) is 7.77. The maximum atomic E-state index is 12.4. The molecule has 1 amide bonds. The molecule has 26 heavy (non-hydrogen) atoms. The average Bonchev–Trinajstić information content (AvgIpc) is 3.04. The highest BCUT2D eigenvalue weighted by molar-refractivity contribution is 5.96. The Labute approximate surface area is 146 Å². The van der Waals surface area contributed by atoms with Crippen molar-refractivity contribution in [2.45, 2.75) is 19.1 Å². The van der Waals surface area contributed by atoms with Gasteiger partial charge < -0.3 is 14.5 Å². The predicted molar refractivity (Wildman–Crippen MR) is 87.9 cm³/mol. The van der Waals surface area contributed by atoms with Crippen molar-refractivity contribution in [1.82, 2.24) is 10.3 Å². The number of hydrogen-bond acceptors (Lipinski definition) is 4. The van der Waals surface area contributed by atoms with Gasteiger partial charge >= 0.3 is 6.18 Å². The van der Waals surface area contributed by atoms with Gasteiger partial charge in [-0.1, -0.05) is 18.2 Å². The number of amides is 1. The maximum absolute atomic E-state index is 12.4. The van der Waals surface area contributed by atoms with Crippen molar-refractivity contribution in [3.8, 4) is 5.88 Å². The highest BCUT2D eigenvalue weighted by Crippen LogP contribution is 2.25. The van der Waals surface area contributed by atoms with Crippen molar-refractivity contribution in [1.29, 1.82) is 0 Å². The highest BCUT2D eigenvalue weighted by Gasteiger charge is 2.30. The van der Waals surface area contributed by atoms with Crippen molar-refractivity contribution in [3.63, 3.8) is 0 Å². The van der Waals surface area contributed by atoms with E-state index >= 15 is 0 Å². The number of fused-ring (bicyclic) bond motifs is 1. The zero-order chi connectivity index (χ0) is 18.7. The van der Waals surface area contributed by atoms with Crippen LogP contribution in [0.2, 0.25) is 0 Å². The number of alkyl halides is 3. The van der Waals surface area contributed by atoms with Gasteiger partial charge in [0.2, 0.25) is 5.88 Å². The molecule has 8 heteroatoms. The minimum atomic E-state index is -4.52. The summed E-state index contributed by atoms with van der Waals surface area (Å²) in [5.41, 5.74) is 0.596. The van der Waals surface area contributed by atoms with E-state index in [0.29, 0.717) is 11.3 Å². The molecule has 3 rings (SSSR count). The number of nitrogens with one attached hydrogen (secondary N) is 1. The van der Waals surface area contributed by atoms with E-state index in [0.717, 1.165) is 5.39 Å². The van der Waals surface area contributed by atoms with Gasteiger partial charge in [-0.25, -0.2) is 4.98 Å². The van der Waals surface area contributed by atoms with Gasteiger partial charge in [-0.2, -0.15) is 13.2 Å². The minimum Gasteiger partial charge on any atom is -0.467 e. The summed E-state index contributed by atoms with van der Waals surface area (Å²) in [4.78, 5) is 16.1. The smallest absolute Gasteiger partial charge is 0.422 e. The SMILES string of the molecule is C[C@@H](NC(=O)c1cccnc1OCC(F)(F)F)c1cc2ccccc2o1. The molecule has 0 bridgehead atoms. The van der Waals surface area contributed by atoms with Gasteiger partial charge in [-0.05, 0) is 31.2 Å². The van der Waals surface area contributed by atoms with Crippen LogP contribution < -0.4 is 10.1 Å². The molecule has 0 saturated heterocycles. The third-order valence-corrected chi connectivity index (χ3v) is 3.61. The summed E-state index contributed by atoms with van der Waals surface area (Å²) in [7, 11) is 0. The number of furan rings is 1. The lowest BCUT2D eigenvalue weighted by Crippen LogP contribution is -2.28. The summed E-state index contributed by atoms with van der Waals surface area (Å²) in [6, 6.07) is 11.5. The molecule has 0 aliphatic carbocycles. The molecule has 0 radical (unpaired) electrons. The zero-order valence-corrected chi connectivity index (χ0v) is 13.7. The molecule has 0 saturated carbocycles. The Kier molecular flexibility index (Phi) is 4.83. The van der Waals surface area contributed by atoms with Crippen LogP contribution in [0.15, 0.2) is 53.1 Å². The molecule has 1 atom stereocenters. The number of ether oxygens (including phenoxy) is 1. The lowest BCUT2D eigenvalue weighted by atomic mass is 10.2. The summed E-state index contributed by atoms with van der Waals surface area (Å²) in [5, 5.41) is 3.57. The Morgan fingerprint density at radius 1 is 1.27 bits per heavy atom. The molecule has 2 aromatic heterocycles. The van der Waals surface area contributed by atoms with Crippen molar-refractivity contribution in [2.24, 2.45) is 0 Å². The quantitative estimate of drug-likeness (QED) is 0.735. The van der Waals surface area contributed by atoms with Crippen LogP contribution in [0.1, 0.15) is 29.1 Å². The molecular formula is C18H15F3N2O3. The fourth-order valence-electron chi connectivity index (χ4n) is 2.39. The molecular weight excluding hydrogens is 349 g/mol. The number of benzene rings is 1. The van der Waals surface area contributed by atoms with Crippen molar-refractivity contribution in [2.75, 3.05) is 6.61 Å². The Morgan fingerprint density at radius 2 is 2.04 bits per heavy atom. The van der Waals surface area contributed by atoms with Crippen LogP contribution in [0.4, 0.5) is 13.2 Å². The standard InChI is InChI=1S/C18H15F3N2O3/c1-11(15-9-12-5-2-3-7-14(12)26-15)23-16(24)13-6-4-8-22-17(13)25-10-18(19,20)21/h2-9,11H,10H2,1H3,(H,23,24)/t11-/m1/s1. The molecule has 0 aliphatic rings. The number of carbonyl (C=O) groups excluding carboxylic acids is 1. The third-order valence-electron chi connectivity index (χ3n) is 3.61. The number of nitrogens with zero attached hydrogens (tertiary/aromatic N) is 1. The monoisotopic (exact) mass is 364 g/mol. The summed E-state index contributed by atoms with van der Waals surface area (Å²) < 4.78 is 47.3. The summed E-state index contributed by atoms with van der Waals surface area (Å²) in [6.45, 7) is 0.186. The maximum Gasteiger partial charge on any atom is 0.422 e. The molecule has 136 valence electrons. The van der Waals surface area contributed by atoms with E-state index in [1.54, 1.807) is 19.1 Å². The summed E-state index contributed by atoms with van der Waals surface area (Å²) >= 11 is 0. The van der Waals surface area contributed by atoms with Crippen LogP contribution >= 0.6 is 0 Å². The normalized spacial score (nSPS) is 12.8. The second-order valence-corrected chi connectivity index (χ2v) is 5.64. The van der Waals surface area contributed by atoms with Gasteiger partial charge in [0.15, 0.2) is 6.61 Å². The molecule has 0 aliphatic heterocycles. The predicted octanol–water partition coefficient (Wildman–Crippen LogP) is 4.26. The van der Waals surface area contributed by atoms with Crippen LogP contribution in [0.5, 0.6) is 5.88 Å². The number of aromatic nitrogens is 1. The van der Waals surface area contributed by atoms with Gasteiger partial charge in [0.05, 0.1) is 6.04 Å². The van der Waals surface area contributed by atoms with Crippen LogP contribution in [0.3, 0.4) is 0 Å². The van der Waals surface area contributed by atoms with Gasteiger partial charge in [0, 0.05) is 11.6 Å². The largest absolute Gasteiger partial charge is 0.467 e. The van der Waals surface area contributed by atoms with Crippen molar-refractivity contribution in [3.05, 3.63) is 60.0 Å². The van der Waals surface area contributed by atoms with Crippen LogP contribution in [-0.4, -0.2) is 23.7 Å². The Balaban J connectivity index is 1.75. The first-order chi connectivity index (χ1) is 12.3. The Hall–Kier alpha value is -3.03. The van der Waals surface area contributed by atoms with Crippen LogP contribution in [-0.2, 0) is 0 Å². The second-order valence-electron chi connectivity index (χ2n) is 5.64. The van der Waals surface area contributed by atoms with Gasteiger partial charge in [-0.15, -0.1) is 0 Å². The van der Waals surface area contributed by atoms with E-state index in [4.69, 9.17) is 4.42 Å². The Bertz CT molecular complexity index is 888. The average molecular weight is 364 g/mol. The lowest BCUT2D eigenvalue weighted by Gasteiger charge is -2.14. The highest BCUT2D eigenvalue weighted by atomic mass is 19.4. The summed E-state index contributed by atoms with van der Waals surface area (Å²) in [5.74, 6) is -0.455. The molecule has 5 nitrogen and oxygen atoms in total. The minimum absolute atomic E-state index is 0.0836. The first kappa shape index (κ1) is 17.8. The van der Waals surface area contributed by atoms with Crippen LogP contribution in [0, 0.1) is 0 Å². The molecule has 1 N–H and O–H groups in total. The van der Waals surface area contributed by atoms with Gasteiger partial charge in [-0.3, -0.25) is 4.79 Å². The number of rotatable bonds is 5. The molecule has 1 aromatic carbocycles. The molecule has 0 unspecified atom stereocenters. The topological polar surface area (TPSA) is 64.4 Å². The Morgan fingerprint density at radius 3 is 2.77 bits per heavy atom. The summed E-state index contributed by atoms with van der Waals surface area (Å²) in [6.07, 6.45) is -3.27. The van der Waals surface area contributed by atoms with E-state index in [2.05, 4.69) is 15.0 Å². The van der Waals surface area contributed by atoms with E-state index < -0.39 is 24.7 Å². The first-order valence-corrected chi connectivity index (χ1v) is 7.77. The molecule has 2 heterocycles. The molecule has 3 aromatic rings. The number of carbonyl (C=O) groups is 1. The molecule has 0 spiro atoms.